The Morgan fingerprint density at radius 3 is 2.56 bits per heavy atom. The third kappa shape index (κ3) is 6.95. The number of nitrogens with one attached hydrogen (secondary N) is 1. The summed E-state index contributed by atoms with van der Waals surface area (Å²) >= 11 is 2.91. The SMILES string of the molecule is CCSc1nc(N)nc(SC)c1C#N.O=CNc1cc(C(F)(F)F)ccn1. The largest absolute Gasteiger partial charge is 0.416 e. The Balaban J connectivity index is 0.000000271. The Morgan fingerprint density at radius 1 is 1.37 bits per heavy atom. The Morgan fingerprint density at radius 2 is 2.04 bits per heavy atom. The minimum atomic E-state index is -4.41. The number of pyridine rings is 1. The summed E-state index contributed by atoms with van der Waals surface area (Å²) < 4.78 is 36.2. The lowest BCUT2D eigenvalue weighted by atomic mass is 10.2. The van der Waals surface area contributed by atoms with Crippen LogP contribution >= 0.6 is 23.5 Å². The van der Waals surface area contributed by atoms with Crippen molar-refractivity contribution in [2.24, 2.45) is 0 Å². The second-order valence-electron chi connectivity index (χ2n) is 4.51. The third-order valence-electron chi connectivity index (χ3n) is 2.74. The van der Waals surface area contributed by atoms with E-state index in [-0.39, 0.29) is 18.2 Å². The molecule has 0 saturated carbocycles. The van der Waals surface area contributed by atoms with E-state index >= 15 is 0 Å². The van der Waals surface area contributed by atoms with Crippen LogP contribution in [-0.2, 0) is 11.0 Å². The monoisotopic (exact) mass is 416 g/mol. The van der Waals surface area contributed by atoms with Crippen LogP contribution in [0.5, 0.6) is 0 Å². The fraction of sp³-hybridized carbons (Fsp3) is 0.267. The predicted molar refractivity (Wildman–Crippen MR) is 98.3 cm³/mol. The Hall–Kier alpha value is -2.52. The summed E-state index contributed by atoms with van der Waals surface area (Å²) in [6, 6.07) is 3.69. The molecule has 0 aromatic carbocycles. The van der Waals surface area contributed by atoms with E-state index in [0.717, 1.165) is 24.1 Å². The number of thioether (sulfide) groups is 2. The van der Waals surface area contributed by atoms with E-state index in [4.69, 9.17) is 11.0 Å². The van der Waals surface area contributed by atoms with Gasteiger partial charge in [0, 0.05) is 6.20 Å². The molecule has 0 aliphatic carbocycles. The van der Waals surface area contributed by atoms with Crippen molar-refractivity contribution in [3.8, 4) is 6.07 Å². The van der Waals surface area contributed by atoms with E-state index in [2.05, 4.69) is 21.0 Å². The normalized spacial score (nSPS) is 10.4. The van der Waals surface area contributed by atoms with Crippen molar-refractivity contribution in [1.82, 2.24) is 15.0 Å². The zero-order chi connectivity index (χ0) is 20.4. The molecule has 0 unspecified atom stereocenters. The summed E-state index contributed by atoms with van der Waals surface area (Å²) in [7, 11) is 0. The second kappa shape index (κ2) is 10.6. The lowest BCUT2D eigenvalue weighted by Gasteiger charge is -2.06. The minimum Gasteiger partial charge on any atom is -0.368 e. The molecule has 0 saturated heterocycles. The summed E-state index contributed by atoms with van der Waals surface area (Å²) in [5.74, 6) is 0.966. The number of carbonyl (C=O) groups excluding carboxylic acids is 1. The molecule has 144 valence electrons. The smallest absolute Gasteiger partial charge is 0.368 e. The molecule has 12 heteroatoms. The summed E-state index contributed by atoms with van der Waals surface area (Å²) in [6.45, 7) is 2.00. The number of nitriles is 1. The molecule has 7 nitrogen and oxygen atoms in total. The number of alkyl halides is 3. The first-order valence-electron chi connectivity index (χ1n) is 7.24. The van der Waals surface area contributed by atoms with Gasteiger partial charge in [-0.05, 0) is 24.1 Å². The van der Waals surface area contributed by atoms with Crippen molar-refractivity contribution in [3.63, 3.8) is 0 Å². The highest BCUT2D eigenvalue weighted by Crippen LogP contribution is 2.29. The lowest BCUT2D eigenvalue weighted by Crippen LogP contribution is -2.06. The summed E-state index contributed by atoms with van der Waals surface area (Å²) in [5.41, 5.74) is 5.22. The van der Waals surface area contributed by atoms with Gasteiger partial charge in [0.05, 0.1) is 5.56 Å². The first-order valence-corrected chi connectivity index (χ1v) is 9.45. The van der Waals surface area contributed by atoms with Gasteiger partial charge < -0.3 is 11.1 Å². The Bertz CT molecular complexity index is 826. The maximum absolute atomic E-state index is 12.1. The number of nitrogens with two attached hydrogens (primary N) is 1. The van der Waals surface area contributed by atoms with Crippen LogP contribution in [0.4, 0.5) is 24.9 Å². The van der Waals surface area contributed by atoms with Crippen LogP contribution < -0.4 is 11.1 Å². The van der Waals surface area contributed by atoms with Crippen molar-refractivity contribution >= 4 is 41.7 Å². The highest BCUT2D eigenvalue weighted by atomic mass is 32.2. The van der Waals surface area contributed by atoms with Gasteiger partial charge in [0.1, 0.15) is 27.5 Å². The first kappa shape index (κ1) is 22.5. The number of nitrogen functional groups attached to an aromatic ring is 1. The van der Waals surface area contributed by atoms with E-state index in [1.165, 1.54) is 23.5 Å². The molecule has 0 spiro atoms. The number of aromatic nitrogens is 3. The summed E-state index contributed by atoms with van der Waals surface area (Å²) in [5, 5.41) is 12.3. The van der Waals surface area contributed by atoms with Gasteiger partial charge >= 0.3 is 6.18 Å². The van der Waals surface area contributed by atoms with Gasteiger partial charge in [-0.2, -0.15) is 18.4 Å². The molecular formula is C15H15F3N6OS2. The third-order valence-corrected chi connectivity index (χ3v) is 4.28. The van der Waals surface area contributed by atoms with Crippen LogP contribution in [0.15, 0.2) is 28.4 Å². The molecule has 0 aliphatic rings. The van der Waals surface area contributed by atoms with Crippen LogP contribution in [0, 0.1) is 11.3 Å². The minimum absolute atomic E-state index is 0.121. The van der Waals surface area contributed by atoms with Crippen molar-refractivity contribution in [2.45, 2.75) is 23.2 Å². The molecule has 0 fully saturated rings. The van der Waals surface area contributed by atoms with Gasteiger partial charge in [0.15, 0.2) is 0 Å². The molecule has 3 N–H and O–H groups in total. The first-order chi connectivity index (χ1) is 12.8. The standard InChI is InChI=1S/C8H10N4S2.C7H5F3N2O/c1-3-14-7-5(4-9)6(13-2)11-8(10)12-7;8-7(9,10)5-1-2-11-6(3-5)12-4-13/h3H2,1-2H3,(H2,10,11,12);1-4H,(H,11,12,13). The number of amides is 1. The number of halogens is 3. The van der Waals surface area contributed by atoms with Crippen molar-refractivity contribution in [2.75, 3.05) is 23.1 Å². The van der Waals surface area contributed by atoms with E-state index in [9.17, 15) is 18.0 Å². The molecule has 0 bridgehead atoms. The van der Waals surface area contributed by atoms with Gasteiger partial charge in [0.2, 0.25) is 12.4 Å². The van der Waals surface area contributed by atoms with Crippen molar-refractivity contribution in [1.29, 1.82) is 5.26 Å². The average molecular weight is 416 g/mol. The van der Waals surface area contributed by atoms with E-state index in [1.807, 2.05) is 18.5 Å². The van der Waals surface area contributed by atoms with Crippen molar-refractivity contribution < 1.29 is 18.0 Å². The molecule has 2 aromatic heterocycles. The van der Waals surface area contributed by atoms with Gasteiger partial charge in [-0.1, -0.05) is 6.92 Å². The van der Waals surface area contributed by atoms with E-state index in [1.54, 1.807) is 0 Å². The average Bonchev–Trinajstić information content (AvgIpc) is 2.62. The van der Waals surface area contributed by atoms with Gasteiger partial charge in [0.25, 0.3) is 0 Å². The molecule has 0 aliphatic heterocycles. The number of carbonyl (C=O) groups is 1. The fourth-order valence-corrected chi connectivity index (χ4v) is 2.98. The van der Waals surface area contributed by atoms with Gasteiger partial charge in [-0.15, -0.1) is 23.5 Å². The second-order valence-corrected chi connectivity index (χ2v) is 6.55. The zero-order valence-electron chi connectivity index (χ0n) is 14.2. The maximum atomic E-state index is 12.1. The number of hydrogen-bond donors (Lipinski definition) is 2. The van der Waals surface area contributed by atoms with E-state index in [0.29, 0.717) is 15.6 Å². The predicted octanol–water partition coefficient (Wildman–Crippen LogP) is 3.43. The number of nitrogens with zero attached hydrogens (tertiary/aromatic N) is 4. The number of anilines is 2. The molecule has 1 amide bonds. The lowest BCUT2D eigenvalue weighted by molar-refractivity contribution is -0.137. The van der Waals surface area contributed by atoms with Gasteiger partial charge in [-0.3, -0.25) is 4.79 Å². The topological polar surface area (TPSA) is 118 Å². The van der Waals surface area contributed by atoms with Crippen molar-refractivity contribution in [3.05, 3.63) is 29.5 Å². The van der Waals surface area contributed by atoms with Crippen LogP contribution in [0.1, 0.15) is 18.1 Å². The number of hydrogen-bond acceptors (Lipinski definition) is 8. The summed E-state index contributed by atoms with van der Waals surface area (Å²) in [6.07, 6.45) is -1.30. The number of rotatable bonds is 5. The van der Waals surface area contributed by atoms with Crippen LogP contribution in [0.25, 0.3) is 0 Å². The molecule has 0 radical (unpaired) electrons. The molecule has 2 aromatic rings. The highest BCUT2D eigenvalue weighted by Gasteiger charge is 2.30. The fourth-order valence-electron chi connectivity index (χ4n) is 1.67. The molecule has 2 heterocycles. The Labute approximate surface area is 162 Å². The van der Waals surface area contributed by atoms with Crippen LogP contribution in [0.2, 0.25) is 0 Å². The summed E-state index contributed by atoms with van der Waals surface area (Å²) in [4.78, 5) is 21.4. The van der Waals surface area contributed by atoms with Crippen LogP contribution in [0.3, 0.4) is 0 Å². The van der Waals surface area contributed by atoms with E-state index < -0.39 is 11.7 Å². The Kier molecular flexibility index (Phi) is 8.83. The zero-order valence-corrected chi connectivity index (χ0v) is 15.9. The molecule has 27 heavy (non-hydrogen) atoms. The maximum Gasteiger partial charge on any atom is 0.416 e. The van der Waals surface area contributed by atoms with Gasteiger partial charge in [-0.25, -0.2) is 15.0 Å². The highest BCUT2D eigenvalue weighted by molar-refractivity contribution is 7.99. The molecule has 2 rings (SSSR count). The molecule has 0 atom stereocenters. The quantitative estimate of drug-likeness (QED) is 0.432. The molecular weight excluding hydrogens is 401 g/mol. The van der Waals surface area contributed by atoms with Crippen LogP contribution in [-0.4, -0.2) is 33.4 Å².